The minimum atomic E-state index is -0.548. The zero-order chi connectivity index (χ0) is 18.6. The first-order valence-corrected chi connectivity index (χ1v) is 9.39. The summed E-state index contributed by atoms with van der Waals surface area (Å²) in [5.41, 5.74) is 6.06. The van der Waals surface area contributed by atoms with Crippen LogP contribution in [0.1, 0.15) is 19.4 Å². The lowest BCUT2D eigenvalue weighted by Gasteiger charge is -2.34. The van der Waals surface area contributed by atoms with E-state index in [0.717, 1.165) is 0 Å². The van der Waals surface area contributed by atoms with Gasteiger partial charge in [-0.15, -0.1) is 11.8 Å². The summed E-state index contributed by atoms with van der Waals surface area (Å²) < 4.78 is 13.8. The Hall–Kier alpha value is -1.60. The molecule has 0 saturated carbocycles. The van der Waals surface area contributed by atoms with Crippen molar-refractivity contribution in [2.75, 3.05) is 25.9 Å². The Balaban J connectivity index is 1.93. The molecule has 1 aliphatic rings. The highest BCUT2D eigenvalue weighted by Gasteiger charge is 2.35. The number of amides is 2. The van der Waals surface area contributed by atoms with Crippen molar-refractivity contribution < 1.29 is 14.0 Å². The maximum absolute atomic E-state index is 13.8. The second-order valence-electron chi connectivity index (χ2n) is 7.24. The zero-order valence-electron chi connectivity index (χ0n) is 14.9. The van der Waals surface area contributed by atoms with E-state index in [9.17, 15) is 14.0 Å². The van der Waals surface area contributed by atoms with Crippen LogP contribution in [0.3, 0.4) is 0 Å². The van der Waals surface area contributed by atoms with E-state index in [0.29, 0.717) is 30.8 Å². The van der Waals surface area contributed by atoms with Gasteiger partial charge in [0.2, 0.25) is 11.8 Å². The molecule has 1 aromatic rings. The number of halogens is 1. The van der Waals surface area contributed by atoms with Gasteiger partial charge in [-0.3, -0.25) is 9.59 Å². The fourth-order valence-corrected chi connectivity index (χ4v) is 3.96. The molecular weight excluding hydrogens is 341 g/mol. The van der Waals surface area contributed by atoms with Crippen molar-refractivity contribution in [2.24, 2.45) is 11.1 Å². The van der Waals surface area contributed by atoms with Gasteiger partial charge in [-0.1, -0.05) is 32.0 Å². The van der Waals surface area contributed by atoms with Crippen molar-refractivity contribution >= 4 is 23.6 Å². The molecule has 2 rings (SSSR count). The van der Waals surface area contributed by atoms with Crippen molar-refractivity contribution in [3.8, 4) is 0 Å². The molecule has 2 amide bonds. The molecule has 0 spiro atoms. The van der Waals surface area contributed by atoms with Crippen molar-refractivity contribution in [1.29, 1.82) is 0 Å². The Morgan fingerprint density at radius 3 is 2.72 bits per heavy atom. The first-order chi connectivity index (χ1) is 11.7. The lowest BCUT2D eigenvalue weighted by Crippen LogP contribution is -2.56. The van der Waals surface area contributed by atoms with E-state index in [1.165, 1.54) is 17.8 Å². The summed E-state index contributed by atoms with van der Waals surface area (Å²) in [6, 6.07) is 5.91. The summed E-state index contributed by atoms with van der Waals surface area (Å²) in [5.74, 6) is -0.161. The SMILES string of the molecule is CN(CC(C)(C)CN)C(=O)C1CSC(Cc2ccccc2F)C(=O)N1. The molecular formula is C18H26FN3O2S. The first-order valence-electron chi connectivity index (χ1n) is 8.34. The van der Waals surface area contributed by atoms with Crippen molar-refractivity contribution in [3.05, 3.63) is 35.6 Å². The van der Waals surface area contributed by atoms with Crippen LogP contribution >= 0.6 is 11.8 Å². The van der Waals surface area contributed by atoms with E-state index in [1.807, 2.05) is 13.8 Å². The molecule has 0 bridgehead atoms. The van der Waals surface area contributed by atoms with Gasteiger partial charge in [-0.05, 0) is 30.0 Å². The Morgan fingerprint density at radius 2 is 2.12 bits per heavy atom. The van der Waals surface area contributed by atoms with Gasteiger partial charge in [0.25, 0.3) is 0 Å². The van der Waals surface area contributed by atoms with Crippen LogP contribution in [0.15, 0.2) is 24.3 Å². The molecule has 1 fully saturated rings. The molecule has 5 nitrogen and oxygen atoms in total. The summed E-state index contributed by atoms with van der Waals surface area (Å²) in [5, 5.41) is 2.40. The largest absolute Gasteiger partial charge is 0.343 e. The van der Waals surface area contributed by atoms with E-state index < -0.39 is 6.04 Å². The third-order valence-electron chi connectivity index (χ3n) is 4.33. The molecule has 0 radical (unpaired) electrons. The maximum atomic E-state index is 13.8. The fraction of sp³-hybridized carbons (Fsp3) is 0.556. The molecule has 7 heteroatoms. The average Bonchev–Trinajstić information content (AvgIpc) is 2.57. The highest BCUT2D eigenvalue weighted by atomic mass is 32.2. The van der Waals surface area contributed by atoms with Crippen molar-refractivity contribution in [1.82, 2.24) is 10.2 Å². The summed E-state index contributed by atoms with van der Waals surface area (Å²) >= 11 is 1.40. The van der Waals surface area contributed by atoms with E-state index in [-0.39, 0.29) is 28.3 Å². The number of carbonyl (C=O) groups is 2. The van der Waals surface area contributed by atoms with Crippen LogP contribution in [0.4, 0.5) is 4.39 Å². The highest BCUT2D eigenvalue weighted by Crippen LogP contribution is 2.24. The van der Waals surface area contributed by atoms with Crippen molar-refractivity contribution in [2.45, 2.75) is 31.6 Å². The number of nitrogens with two attached hydrogens (primary N) is 1. The summed E-state index contributed by atoms with van der Waals surface area (Å²) in [6.45, 7) is 4.99. The molecule has 2 atom stereocenters. The van der Waals surface area contributed by atoms with Gasteiger partial charge < -0.3 is 16.0 Å². The molecule has 3 N–H and O–H groups in total. The number of nitrogens with zero attached hydrogens (tertiary/aromatic N) is 1. The lowest BCUT2D eigenvalue weighted by molar-refractivity contribution is -0.135. The standard InChI is InChI=1S/C18H26FN3O2S/c1-18(2,10-20)11-22(3)17(24)14-9-25-15(16(23)21-14)8-12-6-4-5-7-13(12)19/h4-7,14-15H,8-11,20H2,1-3H3,(H,21,23). The van der Waals surface area contributed by atoms with E-state index in [2.05, 4.69) is 5.32 Å². The molecule has 1 saturated heterocycles. The number of nitrogens with one attached hydrogen (secondary N) is 1. The third-order valence-corrected chi connectivity index (χ3v) is 5.64. The second-order valence-corrected chi connectivity index (χ2v) is 8.48. The summed E-state index contributed by atoms with van der Waals surface area (Å²) in [4.78, 5) is 26.5. The zero-order valence-corrected chi connectivity index (χ0v) is 15.7. The minimum Gasteiger partial charge on any atom is -0.343 e. The number of thioether (sulfide) groups is 1. The first kappa shape index (κ1) is 19.7. The number of benzene rings is 1. The van der Waals surface area contributed by atoms with Gasteiger partial charge in [-0.2, -0.15) is 0 Å². The Kier molecular flexibility index (Phi) is 6.46. The fourth-order valence-electron chi connectivity index (χ4n) is 2.79. The smallest absolute Gasteiger partial charge is 0.245 e. The predicted molar refractivity (Wildman–Crippen MR) is 98.8 cm³/mol. The van der Waals surface area contributed by atoms with Crippen LogP contribution in [-0.4, -0.2) is 53.9 Å². The van der Waals surface area contributed by atoms with Crippen LogP contribution in [0.25, 0.3) is 0 Å². The third kappa shape index (κ3) is 5.19. The van der Waals surface area contributed by atoms with Crippen LogP contribution in [-0.2, 0) is 16.0 Å². The maximum Gasteiger partial charge on any atom is 0.245 e. The molecule has 1 aliphatic heterocycles. The number of rotatable bonds is 6. The summed E-state index contributed by atoms with van der Waals surface area (Å²) in [7, 11) is 1.72. The van der Waals surface area contributed by atoms with Crippen molar-refractivity contribution in [3.63, 3.8) is 0 Å². The number of hydrogen-bond acceptors (Lipinski definition) is 4. The number of carbonyl (C=O) groups excluding carboxylic acids is 2. The predicted octanol–water partition coefficient (Wildman–Crippen LogP) is 1.41. The molecule has 2 unspecified atom stereocenters. The van der Waals surface area contributed by atoms with Gasteiger partial charge in [0.05, 0.1) is 5.25 Å². The molecule has 138 valence electrons. The minimum absolute atomic E-state index is 0.119. The van der Waals surface area contributed by atoms with E-state index in [1.54, 1.807) is 30.1 Å². The van der Waals surface area contributed by atoms with Crippen LogP contribution in [0.5, 0.6) is 0 Å². The summed E-state index contributed by atoms with van der Waals surface area (Å²) in [6.07, 6.45) is 0.320. The van der Waals surface area contributed by atoms with Crippen LogP contribution in [0.2, 0.25) is 0 Å². The van der Waals surface area contributed by atoms with Gasteiger partial charge in [0.15, 0.2) is 0 Å². The highest BCUT2D eigenvalue weighted by molar-refractivity contribution is 8.00. The topological polar surface area (TPSA) is 75.4 Å². The monoisotopic (exact) mass is 367 g/mol. The number of likely N-dealkylation sites (N-methyl/N-ethyl adjacent to an activating group) is 1. The molecule has 0 aromatic heterocycles. The van der Waals surface area contributed by atoms with Gasteiger partial charge >= 0.3 is 0 Å². The van der Waals surface area contributed by atoms with Gasteiger partial charge in [0.1, 0.15) is 11.9 Å². The Labute approximate surface area is 152 Å². The average molecular weight is 367 g/mol. The second kappa shape index (κ2) is 8.19. The van der Waals surface area contributed by atoms with E-state index in [4.69, 9.17) is 5.73 Å². The van der Waals surface area contributed by atoms with E-state index >= 15 is 0 Å². The molecule has 0 aliphatic carbocycles. The number of hydrogen-bond donors (Lipinski definition) is 2. The van der Waals surface area contributed by atoms with Crippen LogP contribution < -0.4 is 11.1 Å². The quantitative estimate of drug-likeness (QED) is 0.797. The molecule has 1 heterocycles. The molecule has 25 heavy (non-hydrogen) atoms. The normalized spacial score (nSPS) is 20.9. The van der Waals surface area contributed by atoms with Crippen LogP contribution in [0, 0.1) is 11.2 Å². The lowest BCUT2D eigenvalue weighted by atomic mass is 9.93. The Bertz CT molecular complexity index is 639. The van der Waals surface area contributed by atoms with Gasteiger partial charge in [-0.25, -0.2) is 4.39 Å². The van der Waals surface area contributed by atoms with Gasteiger partial charge in [0, 0.05) is 19.3 Å². The molecule has 1 aromatic carbocycles. The Morgan fingerprint density at radius 1 is 1.44 bits per heavy atom.